The molecule has 0 aromatic rings. The number of nitrogens with one attached hydrogen (secondary N) is 1. The van der Waals surface area contributed by atoms with Crippen LogP contribution in [-0.4, -0.2) is 36.1 Å². The minimum Gasteiger partial charge on any atom is -0.478 e. The van der Waals surface area contributed by atoms with Gasteiger partial charge in [0.1, 0.15) is 6.61 Å². The summed E-state index contributed by atoms with van der Waals surface area (Å²) in [5.41, 5.74) is 0. The van der Waals surface area contributed by atoms with Crippen LogP contribution in [-0.2, 0) is 19.1 Å². The SMILES string of the molecule is O=C(O)/C=C/C(=O)OCC1CCNC1=O. The van der Waals surface area contributed by atoms with Gasteiger partial charge in [0, 0.05) is 18.7 Å². The molecule has 0 aromatic carbocycles. The van der Waals surface area contributed by atoms with Crippen molar-refractivity contribution >= 4 is 17.8 Å². The van der Waals surface area contributed by atoms with Crippen LogP contribution in [0.2, 0.25) is 0 Å². The fourth-order valence-corrected chi connectivity index (χ4v) is 1.17. The van der Waals surface area contributed by atoms with E-state index in [4.69, 9.17) is 9.84 Å². The summed E-state index contributed by atoms with van der Waals surface area (Å²) in [5.74, 6) is -2.42. The van der Waals surface area contributed by atoms with Crippen molar-refractivity contribution < 1.29 is 24.2 Å². The zero-order chi connectivity index (χ0) is 11.3. The van der Waals surface area contributed by atoms with Crippen molar-refractivity contribution in [3.05, 3.63) is 12.2 Å². The Labute approximate surface area is 85.9 Å². The molecular weight excluding hydrogens is 202 g/mol. The molecule has 0 aliphatic carbocycles. The summed E-state index contributed by atoms with van der Waals surface area (Å²) in [4.78, 5) is 32.0. The van der Waals surface area contributed by atoms with E-state index in [1.54, 1.807) is 0 Å². The first kappa shape index (κ1) is 11.2. The molecule has 82 valence electrons. The van der Waals surface area contributed by atoms with Gasteiger partial charge in [0.15, 0.2) is 0 Å². The van der Waals surface area contributed by atoms with Crippen molar-refractivity contribution in [3.8, 4) is 0 Å². The summed E-state index contributed by atoms with van der Waals surface area (Å²) in [6.45, 7) is 0.584. The molecule has 0 spiro atoms. The van der Waals surface area contributed by atoms with Crippen molar-refractivity contribution in [2.45, 2.75) is 6.42 Å². The predicted octanol–water partition coefficient (Wildman–Crippen LogP) is -0.694. The summed E-state index contributed by atoms with van der Waals surface area (Å²) in [7, 11) is 0. The van der Waals surface area contributed by atoms with Gasteiger partial charge >= 0.3 is 11.9 Å². The molecule has 1 fully saturated rings. The highest BCUT2D eigenvalue weighted by atomic mass is 16.5. The minimum absolute atomic E-state index is 0.00533. The van der Waals surface area contributed by atoms with Crippen molar-refractivity contribution in [1.82, 2.24) is 5.32 Å². The number of hydrogen-bond donors (Lipinski definition) is 2. The number of aliphatic carboxylic acids is 1. The molecule has 0 radical (unpaired) electrons. The molecule has 0 saturated carbocycles. The summed E-state index contributed by atoms with van der Waals surface area (Å²) in [6, 6.07) is 0. The number of ether oxygens (including phenoxy) is 1. The number of carbonyl (C=O) groups is 3. The van der Waals surface area contributed by atoms with Crippen LogP contribution in [0.1, 0.15) is 6.42 Å². The van der Waals surface area contributed by atoms with Gasteiger partial charge in [-0.25, -0.2) is 9.59 Å². The number of carboxylic acid groups (broad SMARTS) is 1. The van der Waals surface area contributed by atoms with E-state index < -0.39 is 11.9 Å². The van der Waals surface area contributed by atoms with Crippen LogP contribution in [0, 0.1) is 5.92 Å². The second-order valence-corrected chi connectivity index (χ2v) is 3.08. The molecule has 1 atom stereocenters. The number of carbonyl (C=O) groups excluding carboxylic acids is 2. The standard InChI is InChI=1S/C9H11NO5/c11-7(12)1-2-8(13)15-5-6-3-4-10-9(6)14/h1-2,6H,3-5H2,(H,10,14)(H,11,12)/b2-1+. The Morgan fingerprint density at radius 1 is 1.53 bits per heavy atom. The predicted molar refractivity (Wildman–Crippen MR) is 48.9 cm³/mol. The van der Waals surface area contributed by atoms with E-state index in [1.807, 2.05) is 0 Å². The molecule has 6 nitrogen and oxygen atoms in total. The molecule has 1 unspecified atom stereocenters. The molecule has 6 heteroatoms. The smallest absolute Gasteiger partial charge is 0.331 e. The van der Waals surface area contributed by atoms with Crippen LogP contribution in [0.25, 0.3) is 0 Å². The molecule has 2 N–H and O–H groups in total. The lowest BCUT2D eigenvalue weighted by molar-refractivity contribution is -0.141. The van der Waals surface area contributed by atoms with Gasteiger partial charge in [0.2, 0.25) is 5.91 Å². The van der Waals surface area contributed by atoms with Crippen LogP contribution in [0.3, 0.4) is 0 Å². The first-order chi connectivity index (χ1) is 7.09. The highest BCUT2D eigenvalue weighted by Crippen LogP contribution is 2.09. The fourth-order valence-electron chi connectivity index (χ4n) is 1.17. The molecule has 1 aliphatic rings. The van der Waals surface area contributed by atoms with Crippen molar-refractivity contribution in [1.29, 1.82) is 0 Å². The Hall–Kier alpha value is -1.85. The molecule has 1 saturated heterocycles. The van der Waals surface area contributed by atoms with Gasteiger partial charge in [0.25, 0.3) is 0 Å². The van der Waals surface area contributed by atoms with Crippen LogP contribution >= 0.6 is 0 Å². The lowest BCUT2D eigenvalue weighted by Crippen LogP contribution is -2.23. The third kappa shape index (κ3) is 3.80. The molecular formula is C9H11NO5. The lowest BCUT2D eigenvalue weighted by Gasteiger charge is -2.05. The van der Waals surface area contributed by atoms with Crippen molar-refractivity contribution in [3.63, 3.8) is 0 Å². The monoisotopic (exact) mass is 213 g/mol. The summed E-state index contributed by atoms with van der Waals surface area (Å²) in [5, 5.41) is 10.8. The Morgan fingerprint density at radius 3 is 2.80 bits per heavy atom. The van der Waals surface area contributed by atoms with Gasteiger partial charge in [-0.05, 0) is 6.42 Å². The summed E-state index contributed by atoms with van der Waals surface area (Å²) >= 11 is 0. The first-order valence-corrected chi connectivity index (χ1v) is 4.45. The maximum Gasteiger partial charge on any atom is 0.331 e. The highest BCUT2D eigenvalue weighted by molar-refractivity contribution is 5.91. The first-order valence-electron chi connectivity index (χ1n) is 4.45. The Morgan fingerprint density at radius 2 is 2.27 bits per heavy atom. The Bertz CT molecular complexity index is 310. The zero-order valence-electron chi connectivity index (χ0n) is 7.93. The highest BCUT2D eigenvalue weighted by Gasteiger charge is 2.24. The van der Waals surface area contributed by atoms with Gasteiger partial charge in [-0.15, -0.1) is 0 Å². The molecule has 1 aliphatic heterocycles. The van der Waals surface area contributed by atoms with Crippen molar-refractivity contribution in [2.75, 3.05) is 13.2 Å². The van der Waals surface area contributed by atoms with E-state index in [1.165, 1.54) is 0 Å². The Balaban J connectivity index is 2.27. The normalized spacial score (nSPS) is 20.3. The lowest BCUT2D eigenvalue weighted by atomic mass is 10.1. The minimum atomic E-state index is -1.22. The van der Waals surface area contributed by atoms with E-state index in [2.05, 4.69) is 5.32 Å². The number of hydrogen-bond acceptors (Lipinski definition) is 4. The molecule has 1 amide bonds. The third-order valence-electron chi connectivity index (χ3n) is 1.95. The average Bonchev–Trinajstić information content (AvgIpc) is 2.58. The van der Waals surface area contributed by atoms with Crippen LogP contribution in [0.15, 0.2) is 12.2 Å². The molecule has 0 aromatic heterocycles. The quantitative estimate of drug-likeness (QED) is 0.476. The number of amides is 1. The van der Waals surface area contributed by atoms with E-state index >= 15 is 0 Å². The number of carboxylic acids is 1. The van der Waals surface area contributed by atoms with E-state index in [0.29, 0.717) is 19.0 Å². The van der Waals surface area contributed by atoms with E-state index in [-0.39, 0.29) is 18.4 Å². The van der Waals surface area contributed by atoms with Gasteiger partial charge in [-0.1, -0.05) is 0 Å². The number of rotatable bonds is 4. The van der Waals surface area contributed by atoms with Gasteiger partial charge < -0.3 is 15.2 Å². The van der Waals surface area contributed by atoms with Gasteiger partial charge in [-0.2, -0.15) is 0 Å². The average molecular weight is 213 g/mol. The fraction of sp³-hybridized carbons (Fsp3) is 0.444. The Kier molecular flexibility index (Phi) is 3.84. The van der Waals surface area contributed by atoms with Crippen LogP contribution in [0.4, 0.5) is 0 Å². The maximum absolute atomic E-state index is 11.0. The number of esters is 1. The molecule has 1 rings (SSSR count). The zero-order valence-corrected chi connectivity index (χ0v) is 7.93. The van der Waals surface area contributed by atoms with E-state index in [0.717, 1.165) is 6.08 Å². The van der Waals surface area contributed by atoms with Crippen molar-refractivity contribution in [2.24, 2.45) is 5.92 Å². The summed E-state index contributed by atoms with van der Waals surface area (Å²) in [6.07, 6.45) is 2.14. The second kappa shape index (κ2) is 5.14. The van der Waals surface area contributed by atoms with Crippen LogP contribution < -0.4 is 5.32 Å². The second-order valence-electron chi connectivity index (χ2n) is 3.08. The molecule has 1 heterocycles. The van der Waals surface area contributed by atoms with Gasteiger partial charge in [0.05, 0.1) is 5.92 Å². The topological polar surface area (TPSA) is 92.7 Å². The van der Waals surface area contributed by atoms with E-state index in [9.17, 15) is 14.4 Å². The maximum atomic E-state index is 11.0. The third-order valence-corrected chi connectivity index (χ3v) is 1.95. The molecule has 0 bridgehead atoms. The largest absolute Gasteiger partial charge is 0.478 e. The molecule has 15 heavy (non-hydrogen) atoms. The van der Waals surface area contributed by atoms with Gasteiger partial charge in [-0.3, -0.25) is 4.79 Å². The van der Waals surface area contributed by atoms with Crippen LogP contribution in [0.5, 0.6) is 0 Å². The summed E-state index contributed by atoms with van der Waals surface area (Å²) < 4.78 is 4.70.